The van der Waals surface area contributed by atoms with Gasteiger partial charge in [0.05, 0.1) is 44.2 Å². The Hall–Kier alpha value is -4.14. The fourth-order valence-electron chi connectivity index (χ4n) is 7.03. The molecule has 3 heterocycles. The van der Waals surface area contributed by atoms with Gasteiger partial charge in [-0.1, -0.05) is 54.6 Å². The Labute approximate surface area is 270 Å². The van der Waals surface area contributed by atoms with Crippen LogP contribution in [0, 0.1) is 0 Å². The summed E-state index contributed by atoms with van der Waals surface area (Å²) in [5.74, 6) is 1.09. The van der Waals surface area contributed by atoms with Gasteiger partial charge in [-0.15, -0.1) is 0 Å². The Kier molecular flexibility index (Phi) is 9.08. The summed E-state index contributed by atoms with van der Waals surface area (Å²) in [6.07, 6.45) is 5.56. The fourth-order valence-corrected chi connectivity index (χ4v) is 7.03. The van der Waals surface area contributed by atoms with Gasteiger partial charge in [-0.05, 0) is 62.5 Å². The summed E-state index contributed by atoms with van der Waals surface area (Å²) in [4.78, 5) is 13.8. The molecule has 46 heavy (non-hydrogen) atoms. The number of rotatable bonds is 11. The Morgan fingerprint density at radius 2 is 1.83 bits per heavy atom. The third kappa shape index (κ3) is 5.92. The highest BCUT2D eigenvalue weighted by Crippen LogP contribution is 2.48. The minimum absolute atomic E-state index is 0.265. The largest absolute Gasteiger partial charge is 0.493 e. The summed E-state index contributed by atoms with van der Waals surface area (Å²) >= 11 is 0. The van der Waals surface area contributed by atoms with Crippen molar-refractivity contribution in [3.63, 3.8) is 0 Å². The van der Waals surface area contributed by atoms with Crippen molar-refractivity contribution in [1.29, 1.82) is 0 Å². The summed E-state index contributed by atoms with van der Waals surface area (Å²) in [7, 11) is 1.73. The zero-order valence-electron chi connectivity index (χ0n) is 26.9. The van der Waals surface area contributed by atoms with E-state index < -0.39 is 0 Å². The highest BCUT2D eigenvalue weighted by molar-refractivity contribution is 6.05. The van der Waals surface area contributed by atoms with Crippen molar-refractivity contribution in [1.82, 2.24) is 14.3 Å². The van der Waals surface area contributed by atoms with Gasteiger partial charge < -0.3 is 23.5 Å². The molecule has 0 N–H and O–H groups in total. The number of hydrogen-bond acceptors (Lipinski definition) is 6. The number of carbonyl (C=O) groups excluding carboxylic acids is 1. The van der Waals surface area contributed by atoms with Crippen molar-refractivity contribution in [2.75, 3.05) is 33.5 Å². The number of benzene rings is 3. The molecule has 0 bridgehead atoms. The second-order valence-corrected chi connectivity index (χ2v) is 12.3. The molecule has 1 saturated carbocycles. The lowest BCUT2D eigenvalue weighted by molar-refractivity contribution is 0.0512. The summed E-state index contributed by atoms with van der Waals surface area (Å²) in [5, 5.41) is 8.48. The van der Waals surface area contributed by atoms with Crippen LogP contribution in [0.2, 0.25) is 0 Å². The summed E-state index contributed by atoms with van der Waals surface area (Å²) in [5.41, 5.74) is 7.29. The van der Waals surface area contributed by atoms with E-state index in [1.165, 1.54) is 5.69 Å². The average molecular weight is 622 g/mol. The Bertz CT molecular complexity index is 1850. The number of ether oxygens (including phenoxy) is 4. The van der Waals surface area contributed by atoms with E-state index in [-0.39, 0.29) is 5.97 Å². The predicted molar refractivity (Wildman–Crippen MR) is 180 cm³/mol. The summed E-state index contributed by atoms with van der Waals surface area (Å²) in [6.45, 7) is 5.86. The van der Waals surface area contributed by atoms with Crippen molar-refractivity contribution < 1.29 is 23.7 Å². The van der Waals surface area contributed by atoms with Crippen molar-refractivity contribution in [3.05, 3.63) is 83.3 Å². The third-order valence-corrected chi connectivity index (χ3v) is 9.20. The van der Waals surface area contributed by atoms with Crippen LogP contribution in [0.1, 0.15) is 72.4 Å². The first-order valence-corrected chi connectivity index (χ1v) is 16.8. The highest BCUT2D eigenvalue weighted by Gasteiger charge is 2.35. The highest BCUT2D eigenvalue weighted by atomic mass is 16.5. The van der Waals surface area contributed by atoms with Gasteiger partial charge in [-0.2, -0.15) is 5.10 Å². The average Bonchev–Trinajstić information content (AvgIpc) is 3.78. The molecule has 1 fully saturated rings. The van der Waals surface area contributed by atoms with E-state index in [4.69, 9.17) is 24.0 Å². The van der Waals surface area contributed by atoms with Crippen molar-refractivity contribution >= 4 is 27.6 Å². The zero-order valence-corrected chi connectivity index (χ0v) is 26.9. The molecule has 0 saturated heterocycles. The van der Waals surface area contributed by atoms with Crippen LogP contribution in [0.15, 0.2) is 60.7 Å². The number of aromatic nitrogens is 3. The maximum absolute atomic E-state index is 13.8. The molecule has 0 radical (unpaired) electrons. The lowest BCUT2D eigenvalue weighted by atomic mass is 9.96. The molecule has 2 aromatic heterocycles. The maximum Gasteiger partial charge on any atom is 0.355 e. The van der Waals surface area contributed by atoms with Crippen LogP contribution in [0.25, 0.3) is 32.8 Å². The predicted octanol–water partition coefficient (Wildman–Crippen LogP) is 7.68. The molecule has 0 unspecified atom stereocenters. The second-order valence-electron chi connectivity index (χ2n) is 12.3. The van der Waals surface area contributed by atoms with Gasteiger partial charge in [-0.25, -0.2) is 4.79 Å². The van der Waals surface area contributed by atoms with Crippen LogP contribution in [0.5, 0.6) is 5.75 Å². The number of carbonyl (C=O) groups is 1. The molecule has 8 nitrogen and oxygen atoms in total. The van der Waals surface area contributed by atoms with Crippen LogP contribution in [-0.2, 0) is 40.3 Å². The maximum atomic E-state index is 13.8. The molecule has 3 aromatic carbocycles. The van der Waals surface area contributed by atoms with E-state index in [0.717, 1.165) is 81.9 Å². The molecule has 240 valence electrons. The van der Waals surface area contributed by atoms with Crippen LogP contribution in [0.3, 0.4) is 0 Å². The van der Waals surface area contributed by atoms with Gasteiger partial charge in [0.25, 0.3) is 0 Å². The minimum atomic E-state index is -0.265. The van der Waals surface area contributed by atoms with Gasteiger partial charge in [0.2, 0.25) is 0 Å². The Balaban J connectivity index is 1.32. The van der Waals surface area contributed by atoms with Crippen molar-refractivity contribution in [2.24, 2.45) is 0 Å². The molecule has 2 aliphatic rings. The number of fused-ring (bicyclic) bond motifs is 3. The molecule has 1 aliphatic carbocycles. The molecule has 8 heteroatoms. The van der Waals surface area contributed by atoms with Gasteiger partial charge in [0, 0.05) is 53.8 Å². The molecule has 0 atom stereocenters. The van der Waals surface area contributed by atoms with Gasteiger partial charge in [-0.3, -0.25) is 4.68 Å². The van der Waals surface area contributed by atoms with E-state index in [2.05, 4.69) is 45.6 Å². The number of esters is 1. The molecule has 0 spiro atoms. The van der Waals surface area contributed by atoms with E-state index in [1.54, 1.807) is 7.11 Å². The lowest BCUT2D eigenvalue weighted by Gasteiger charge is -2.14. The Morgan fingerprint density at radius 1 is 1.00 bits per heavy atom. The van der Waals surface area contributed by atoms with Crippen LogP contribution < -0.4 is 4.74 Å². The molecule has 1 aliphatic heterocycles. The van der Waals surface area contributed by atoms with E-state index in [9.17, 15) is 4.79 Å². The SMILES string of the molecule is CCOC(=O)c1c(CCCOc2cccc3ccccc23)c2cccc3c2n1CCCCOCc1nn(CCOC)c(C2CC2)c1-3. The quantitative estimate of drug-likeness (QED) is 0.111. The first-order chi connectivity index (χ1) is 22.7. The van der Waals surface area contributed by atoms with Crippen LogP contribution in [0.4, 0.5) is 0 Å². The second kappa shape index (κ2) is 13.7. The topological polar surface area (TPSA) is 76.7 Å². The van der Waals surface area contributed by atoms with Gasteiger partial charge in [0.1, 0.15) is 11.4 Å². The van der Waals surface area contributed by atoms with Gasteiger partial charge >= 0.3 is 5.97 Å². The molecular formula is C38H43N3O5. The number of methoxy groups -OCH3 is 1. The molecule has 5 aromatic rings. The first-order valence-electron chi connectivity index (χ1n) is 16.8. The Morgan fingerprint density at radius 3 is 2.67 bits per heavy atom. The number of hydrogen-bond donors (Lipinski definition) is 0. The molecular weight excluding hydrogens is 578 g/mol. The van der Waals surface area contributed by atoms with E-state index in [1.807, 2.05) is 31.2 Å². The first kappa shape index (κ1) is 30.5. The smallest absolute Gasteiger partial charge is 0.355 e. The summed E-state index contributed by atoms with van der Waals surface area (Å²) in [6, 6.07) is 20.9. The number of nitrogens with zero attached hydrogens (tertiary/aromatic N) is 3. The zero-order chi connectivity index (χ0) is 31.5. The summed E-state index contributed by atoms with van der Waals surface area (Å²) < 4.78 is 28.1. The monoisotopic (exact) mass is 621 g/mol. The van der Waals surface area contributed by atoms with Crippen molar-refractivity contribution in [3.8, 4) is 16.9 Å². The van der Waals surface area contributed by atoms with Crippen molar-refractivity contribution in [2.45, 2.75) is 71.1 Å². The molecule has 0 amide bonds. The number of aryl methyl sites for hydroxylation is 2. The fraction of sp³-hybridized carbons (Fsp3) is 0.421. The van der Waals surface area contributed by atoms with E-state index >= 15 is 0 Å². The van der Waals surface area contributed by atoms with E-state index in [0.29, 0.717) is 64.2 Å². The number of para-hydroxylation sites is 1. The van der Waals surface area contributed by atoms with Gasteiger partial charge in [0.15, 0.2) is 0 Å². The lowest BCUT2D eigenvalue weighted by Crippen LogP contribution is -2.15. The normalized spacial score (nSPS) is 15.1. The van der Waals surface area contributed by atoms with Crippen LogP contribution in [-0.4, -0.2) is 53.9 Å². The minimum Gasteiger partial charge on any atom is -0.493 e. The third-order valence-electron chi connectivity index (χ3n) is 9.20. The van der Waals surface area contributed by atoms with Crippen LogP contribution >= 0.6 is 0 Å². The standard InChI is InChI=1S/C38H43N3O5/c1-3-45-38(42)37-30(16-10-23-46-33-17-8-12-26-11-4-5-13-28(26)33)29-14-9-15-31-34-32(25-44-22-7-6-20-40(37)36(29)31)39-41(21-24-43-2)35(34)27-18-19-27/h4-5,8-9,11-15,17,27H,3,6-7,10,16,18-25H2,1-2H3. The molecule has 7 rings (SSSR count).